The number of fused-ring (bicyclic) bond motifs is 1. The number of benzene rings is 3. The van der Waals surface area contributed by atoms with Crippen LogP contribution in [0.4, 0.5) is 0 Å². The molecule has 3 rings (SSSR count). The Morgan fingerprint density at radius 2 is 1.60 bits per heavy atom. The maximum Gasteiger partial charge on any atom is 0.276 e. The smallest absolute Gasteiger partial charge is 0.276 e. The van der Waals surface area contributed by atoms with Gasteiger partial charge >= 0.3 is 0 Å². The largest absolute Gasteiger partial charge is 0.482 e. The molecule has 0 heterocycles. The molecule has 3 aromatic rings. The molecule has 0 radical (unpaired) electrons. The Hall–Kier alpha value is -3.05. The molecule has 0 aliphatic carbocycles. The highest BCUT2D eigenvalue weighted by molar-refractivity contribution is 6.32. The first kappa shape index (κ1) is 16.8. The lowest BCUT2D eigenvalue weighted by Crippen LogP contribution is -2.43. The van der Waals surface area contributed by atoms with E-state index in [4.69, 9.17) is 16.3 Å². The van der Waals surface area contributed by atoms with Gasteiger partial charge in [0.25, 0.3) is 11.8 Å². The van der Waals surface area contributed by atoms with Crippen LogP contribution in [0.25, 0.3) is 10.8 Å². The Morgan fingerprint density at radius 1 is 0.880 bits per heavy atom. The summed E-state index contributed by atoms with van der Waals surface area (Å²) in [6, 6.07) is 19.9. The van der Waals surface area contributed by atoms with Gasteiger partial charge in [0.15, 0.2) is 6.61 Å². The van der Waals surface area contributed by atoms with Crippen LogP contribution in [-0.2, 0) is 4.79 Å². The number of carbonyl (C=O) groups excluding carboxylic acids is 2. The van der Waals surface area contributed by atoms with E-state index in [1.807, 2.05) is 30.3 Å². The molecular formula is C19H15ClN2O3. The normalized spacial score (nSPS) is 10.3. The molecule has 0 aliphatic heterocycles. The zero-order valence-corrected chi connectivity index (χ0v) is 13.9. The number of halogens is 1. The summed E-state index contributed by atoms with van der Waals surface area (Å²) in [5.41, 5.74) is 5.12. The summed E-state index contributed by atoms with van der Waals surface area (Å²) in [7, 11) is 0. The molecular weight excluding hydrogens is 340 g/mol. The number of carbonyl (C=O) groups is 2. The van der Waals surface area contributed by atoms with Gasteiger partial charge in [0.1, 0.15) is 5.75 Å². The van der Waals surface area contributed by atoms with E-state index in [0.717, 1.165) is 10.8 Å². The van der Waals surface area contributed by atoms with Crippen molar-refractivity contribution in [3.8, 4) is 5.75 Å². The number of para-hydroxylation sites is 1. The summed E-state index contributed by atoms with van der Waals surface area (Å²) in [5.74, 6) is -0.494. The van der Waals surface area contributed by atoms with Crippen molar-refractivity contribution in [3.63, 3.8) is 0 Å². The minimum Gasteiger partial charge on any atom is -0.482 e. The molecule has 0 bridgehead atoms. The van der Waals surface area contributed by atoms with Gasteiger partial charge in [-0.05, 0) is 35.0 Å². The van der Waals surface area contributed by atoms with Gasteiger partial charge in [0.05, 0.1) is 5.02 Å². The highest BCUT2D eigenvalue weighted by atomic mass is 35.5. The minimum absolute atomic E-state index is 0.262. The molecule has 0 aliphatic rings. The quantitative estimate of drug-likeness (QED) is 0.706. The molecule has 126 valence electrons. The molecule has 0 saturated heterocycles. The number of hydrogen-bond acceptors (Lipinski definition) is 3. The average molecular weight is 355 g/mol. The second kappa shape index (κ2) is 7.68. The summed E-state index contributed by atoms with van der Waals surface area (Å²) >= 11 is 5.94. The van der Waals surface area contributed by atoms with Crippen LogP contribution >= 0.6 is 11.6 Å². The molecule has 0 spiro atoms. The van der Waals surface area contributed by atoms with E-state index in [0.29, 0.717) is 16.3 Å². The van der Waals surface area contributed by atoms with Gasteiger partial charge in [-0.2, -0.15) is 0 Å². The Balaban J connectivity index is 1.54. The number of nitrogens with one attached hydrogen (secondary N) is 2. The molecule has 0 unspecified atom stereocenters. The van der Waals surface area contributed by atoms with Gasteiger partial charge in [-0.15, -0.1) is 0 Å². The Labute approximate surface area is 149 Å². The van der Waals surface area contributed by atoms with Crippen molar-refractivity contribution in [2.75, 3.05) is 6.61 Å². The average Bonchev–Trinajstić information content (AvgIpc) is 2.65. The van der Waals surface area contributed by atoms with Crippen LogP contribution in [0.1, 0.15) is 10.4 Å². The Kier molecular flexibility index (Phi) is 5.16. The number of rotatable bonds is 4. The maximum atomic E-state index is 12.1. The zero-order valence-electron chi connectivity index (χ0n) is 13.2. The minimum atomic E-state index is -0.492. The van der Waals surface area contributed by atoms with Gasteiger partial charge in [-0.25, -0.2) is 0 Å². The lowest BCUT2D eigenvalue weighted by Gasteiger charge is -2.10. The molecule has 6 heteroatoms. The van der Waals surface area contributed by atoms with Crippen molar-refractivity contribution in [1.29, 1.82) is 0 Å². The summed E-state index contributed by atoms with van der Waals surface area (Å²) in [6.07, 6.45) is 0. The summed E-state index contributed by atoms with van der Waals surface area (Å²) in [6.45, 7) is -0.262. The van der Waals surface area contributed by atoms with Crippen molar-refractivity contribution in [2.24, 2.45) is 0 Å². The number of hydrazine groups is 1. The predicted octanol–water partition coefficient (Wildman–Crippen LogP) is 3.33. The maximum absolute atomic E-state index is 12.1. The monoisotopic (exact) mass is 354 g/mol. The highest BCUT2D eigenvalue weighted by Gasteiger charge is 2.09. The molecule has 0 saturated carbocycles. The fourth-order valence-corrected chi connectivity index (χ4v) is 2.46. The molecule has 25 heavy (non-hydrogen) atoms. The fraction of sp³-hybridized carbons (Fsp3) is 0.0526. The first-order chi connectivity index (χ1) is 12.1. The predicted molar refractivity (Wildman–Crippen MR) is 96.5 cm³/mol. The molecule has 0 aromatic heterocycles. The van der Waals surface area contributed by atoms with Crippen molar-refractivity contribution in [2.45, 2.75) is 0 Å². The number of ether oxygens (including phenoxy) is 1. The van der Waals surface area contributed by atoms with Gasteiger partial charge in [0.2, 0.25) is 0 Å². The Morgan fingerprint density at radius 3 is 2.40 bits per heavy atom. The van der Waals surface area contributed by atoms with E-state index in [-0.39, 0.29) is 6.61 Å². The van der Waals surface area contributed by atoms with Gasteiger partial charge in [0, 0.05) is 5.56 Å². The van der Waals surface area contributed by atoms with E-state index in [1.165, 1.54) is 0 Å². The zero-order chi connectivity index (χ0) is 17.6. The molecule has 0 fully saturated rings. The lowest BCUT2D eigenvalue weighted by molar-refractivity contribution is -0.123. The van der Waals surface area contributed by atoms with Crippen LogP contribution in [0.15, 0.2) is 66.7 Å². The van der Waals surface area contributed by atoms with E-state index in [9.17, 15) is 9.59 Å². The molecule has 5 nitrogen and oxygen atoms in total. The van der Waals surface area contributed by atoms with Gasteiger partial charge in [-0.3, -0.25) is 20.4 Å². The van der Waals surface area contributed by atoms with E-state index in [1.54, 1.807) is 36.4 Å². The van der Waals surface area contributed by atoms with Crippen molar-refractivity contribution >= 4 is 34.2 Å². The molecule has 0 atom stereocenters. The number of hydrogen-bond donors (Lipinski definition) is 2. The summed E-state index contributed by atoms with van der Waals surface area (Å²) in [5, 5.41) is 2.40. The summed E-state index contributed by atoms with van der Waals surface area (Å²) < 4.78 is 5.30. The van der Waals surface area contributed by atoms with E-state index >= 15 is 0 Å². The van der Waals surface area contributed by atoms with Crippen molar-refractivity contribution < 1.29 is 14.3 Å². The van der Waals surface area contributed by atoms with Crippen LogP contribution < -0.4 is 15.6 Å². The van der Waals surface area contributed by atoms with Crippen LogP contribution in [0, 0.1) is 0 Å². The first-order valence-corrected chi connectivity index (χ1v) is 7.96. The SMILES string of the molecule is O=C(COc1ccccc1Cl)NNC(=O)c1ccc2ccccc2c1. The Bertz CT molecular complexity index is 927. The van der Waals surface area contributed by atoms with Crippen LogP contribution in [0.2, 0.25) is 5.02 Å². The molecule has 2 amide bonds. The number of amides is 2. The lowest BCUT2D eigenvalue weighted by atomic mass is 10.1. The topological polar surface area (TPSA) is 67.4 Å². The fourth-order valence-electron chi connectivity index (χ4n) is 2.27. The second-order valence-electron chi connectivity index (χ2n) is 5.28. The van der Waals surface area contributed by atoms with Crippen molar-refractivity contribution in [1.82, 2.24) is 10.9 Å². The van der Waals surface area contributed by atoms with E-state index < -0.39 is 11.8 Å². The van der Waals surface area contributed by atoms with Gasteiger partial charge in [-0.1, -0.05) is 54.1 Å². The summed E-state index contributed by atoms with van der Waals surface area (Å²) in [4.78, 5) is 23.9. The van der Waals surface area contributed by atoms with E-state index in [2.05, 4.69) is 10.9 Å². The molecule has 3 aromatic carbocycles. The third kappa shape index (κ3) is 4.28. The van der Waals surface area contributed by atoms with Crippen LogP contribution in [0.5, 0.6) is 5.75 Å². The molecule has 2 N–H and O–H groups in total. The first-order valence-electron chi connectivity index (χ1n) is 7.59. The highest BCUT2D eigenvalue weighted by Crippen LogP contribution is 2.22. The third-order valence-electron chi connectivity index (χ3n) is 3.52. The second-order valence-corrected chi connectivity index (χ2v) is 5.69. The van der Waals surface area contributed by atoms with Crippen molar-refractivity contribution in [3.05, 3.63) is 77.3 Å². The van der Waals surface area contributed by atoms with Gasteiger partial charge < -0.3 is 4.74 Å². The van der Waals surface area contributed by atoms with Crippen LogP contribution in [-0.4, -0.2) is 18.4 Å². The standard InChI is InChI=1S/C19H15ClN2O3/c20-16-7-3-4-8-17(16)25-12-18(23)21-22-19(24)15-10-9-13-5-1-2-6-14(13)11-15/h1-11H,12H2,(H,21,23)(H,22,24). The van der Waals surface area contributed by atoms with Crippen LogP contribution in [0.3, 0.4) is 0 Å². The third-order valence-corrected chi connectivity index (χ3v) is 3.83.